The number of likely N-dealkylation sites (tertiary alicyclic amines) is 1. The van der Waals surface area contributed by atoms with E-state index in [4.69, 9.17) is 9.47 Å². The van der Waals surface area contributed by atoms with E-state index in [1.807, 2.05) is 36.1 Å². The second-order valence-electron chi connectivity index (χ2n) is 10.2. The van der Waals surface area contributed by atoms with Crippen molar-refractivity contribution < 1.29 is 19.1 Å². The van der Waals surface area contributed by atoms with Crippen molar-refractivity contribution in [2.24, 2.45) is 0 Å². The monoisotopic (exact) mass is 522 g/mol. The third-order valence-corrected chi connectivity index (χ3v) is 7.08. The van der Waals surface area contributed by atoms with Crippen LogP contribution in [0.25, 0.3) is 0 Å². The molecule has 2 aromatic carbocycles. The first-order valence-electron chi connectivity index (χ1n) is 14.0. The Balaban J connectivity index is 1.37. The summed E-state index contributed by atoms with van der Waals surface area (Å²) in [5.41, 5.74) is 2.24. The predicted molar refractivity (Wildman–Crippen MR) is 148 cm³/mol. The van der Waals surface area contributed by atoms with Crippen LogP contribution in [0, 0.1) is 0 Å². The molecule has 0 spiro atoms. The first kappa shape index (κ1) is 27.9. The molecule has 2 amide bonds. The van der Waals surface area contributed by atoms with Gasteiger partial charge in [0.25, 0.3) is 0 Å². The summed E-state index contributed by atoms with van der Waals surface area (Å²) in [7, 11) is 0. The molecule has 2 heterocycles. The van der Waals surface area contributed by atoms with E-state index in [1.54, 1.807) is 0 Å². The number of nitrogens with one attached hydrogen (secondary N) is 2. The minimum atomic E-state index is -0.0605. The van der Waals surface area contributed by atoms with Crippen molar-refractivity contribution in [1.82, 2.24) is 20.4 Å². The summed E-state index contributed by atoms with van der Waals surface area (Å²) in [5.74, 6) is 1.31. The average molecular weight is 523 g/mol. The van der Waals surface area contributed by atoms with Crippen LogP contribution in [0.1, 0.15) is 50.2 Å². The second-order valence-corrected chi connectivity index (χ2v) is 10.2. The molecule has 0 aliphatic carbocycles. The SMILES string of the molecule is CCOc1cccc2c1OCCCCCNC(=O)CN(CC(=O)NC1CCN(Cc3ccccc3)CC1)C2. The van der Waals surface area contributed by atoms with Gasteiger partial charge in [-0.2, -0.15) is 0 Å². The summed E-state index contributed by atoms with van der Waals surface area (Å²) in [6.07, 6.45) is 4.63. The number of rotatable bonds is 7. The van der Waals surface area contributed by atoms with E-state index in [9.17, 15) is 9.59 Å². The van der Waals surface area contributed by atoms with E-state index in [1.165, 1.54) is 5.56 Å². The van der Waals surface area contributed by atoms with Crippen LogP contribution >= 0.6 is 0 Å². The van der Waals surface area contributed by atoms with Crippen LogP contribution in [-0.2, 0) is 22.7 Å². The highest BCUT2D eigenvalue weighted by Gasteiger charge is 2.23. The lowest BCUT2D eigenvalue weighted by Crippen LogP contribution is -2.48. The van der Waals surface area contributed by atoms with Crippen molar-refractivity contribution in [3.8, 4) is 11.5 Å². The Hall–Kier alpha value is -3.10. The molecule has 0 radical (unpaired) electrons. The quantitative estimate of drug-likeness (QED) is 0.581. The lowest BCUT2D eigenvalue weighted by Gasteiger charge is -2.33. The van der Waals surface area contributed by atoms with Gasteiger partial charge in [-0.25, -0.2) is 0 Å². The van der Waals surface area contributed by atoms with Crippen molar-refractivity contribution in [2.75, 3.05) is 45.9 Å². The molecule has 1 fully saturated rings. The van der Waals surface area contributed by atoms with E-state index in [0.29, 0.717) is 37.8 Å². The number of fused-ring (bicyclic) bond motifs is 1. The van der Waals surface area contributed by atoms with Gasteiger partial charge in [0, 0.05) is 44.3 Å². The van der Waals surface area contributed by atoms with E-state index >= 15 is 0 Å². The third kappa shape index (κ3) is 8.74. The third-order valence-electron chi connectivity index (χ3n) is 7.08. The fourth-order valence-corrected chi connectivity index (χ4v) is 5.15. The van der Waals surface area contributed by atoms with Gasteiger partial charge in [-0.05, 0) is 50.7 Å². The largest absolute Gasteiger partial charge is 0.490 e. The lowest BCUT2D eigenvalue weighted by molar-refractivity contribution is -0.125. The molecule has 2 N–H and O–H groups in total. The number of ether oxygens (including phenoxy) is 2. The Bertz CT molecular complexity index is 1020. The molecule has 4 rings (SSSR count). The zero-order chi connectivity index (χ0) is 26.6. The Morgan fingerprint density at radius 3 is 2.63 bits per heavy atom. The van der Waals surface area contributed by atoms with Crippen molar-refractivity contribution in [3.63, 3.8) is 0 Å². The zero-order valence-corrected chi connectivity index (χ0v) is 22.6. The molecule has 8 heteroatoms. The van der Waals surface area contributed by atoms with Gasteiger partial charge >= 0.3 is 0 Å². The van der Waals surface area contributed by atoms with Crippen LogP contribution < -0.4 is 20.1 Å². The maximum Gasteiger partial charge on any atom is 0.234 e. The highest BCUT2D eigenvalue weighted by atomic mass is 16.5. The molecule has 1 saturated heterocycles. The summed E-state index contributed by atoms with van der Waals surface area (Å²) in [5, 5.41) is 6.23. The topological polar surface area (TPSA) is 83.1 Å². The summed E-state index contributed by atoms with van der Waals surface area (Å²) < 4.78 is 12.0. The maximum absolute atomic E-state index is 13.1. The molecule has 0 saturated carbocycles. The molecule has 0 atom stereocenters. The van der Waals surface area contributed by atoms with Crippen molar-refractivity contribution >= 4 is 11.8 Å². The first-order valence-corrected chi connectivity index (χ1v) is 14.0. The van der Waals surface area contributed by atoms with Gasteiger partial charge in [-0.1, -0.05) is 42.5 Å². The predicted octanol–water partition coefficient (Wildman–Crippen LogP) is 3.35. The number of hydrogen-bond acceptors (Lipinski definition) is 6. The molecule has 206 valence electrons. The van der Waals surface area contributed by atoms with Crippen LogP contribution in [0.4, 0.5) is 0 Å². The molecular weight excluding hydrogens is 480 g/mol. The zero-order valence-electron chi connectivity index (χ0n) is 22.6. The number of carbonyl (C=O) groups is 2. The van der Waals surface area contributed by atoms with Crippen molar-refractivity contribution in [2.45, 2.75) is 58.2 Å². The molecule has 2 aliphatic rings. The molecule has 0 unspecified atom stereocenters. The van der Waals surface area contributed by atoms with Crippen LogP contribution in [-0.4, -0.2) is 73.6 Å². The summed E-state index contributed by atoms with van der Waals surface area (Å²) in [4.78, 5) is 30.1. The highest BCUT2D eigenvalue weighted by molar-refractivity contribution is 5.81. The number of carbonyl (C=O) groups excluding carboxylic acids is 2. The van der Waals surface area contributed by atoms with E-state index in [2.05, 4.69) is 39.8 Å². The average Bonchev–Trinajstić information content (AvgIpc) is 2.92. The van der Waals surface area contributed by atoms with Crippen molar-refractivity contribution in [1.29, 1.82) is 0 Å². The normalized spacial score (nSPS) is 18.6. The summed E-state index contributed by atoms with van der Waals surface area (Å²) in [6.45, 7) is 7.30. The molecule has 2 aliphatic heterocycles. The second kappa shape index (κ2) is 14.7. The van der Waals surface area contributed by atoms with Gasteiger partial charge in [0.2, 0.25) is 11.8 Å². The fourth-order valence-electron chi connectivity index (χ4n) is 5.15. The molecule has 2 aromatic rings. The standard InChI is InChI=1S/C30H42N4O4/c1-2-37-27-13-9-12-25-21-34(22-28(35)31-16-7-4-8-19-38-30(25)27)23-29(36)32-26-14-17-33(18-15-26)20-24-10-5-3-6-11-24/h3,5-6,9-13,26H,2,4,7-8,14-23H2,1H3,(H,31,35)(H,32,36). The molecule has 38 heavy (non-hydrogen) atoms. The number of amides is 2. The minimum Gasteiger partial charge on any atom is -0.490 e. The van der Waals surface area contributed by atoms with Gasteiger partial charge in [0.1, 0.15) is 0 Å². The smallest absolute Gasteiger partial charge is 0.234 e. The number of para-hydroxylation sites is 1. The van der Waals surface area contributed by atoms with Crippen LogP contribution in [0.5, 0.6) is 11.5 Å². The lowest BCUT2D eigenvalue weighted by atomic mass is 10.0. The van der Waals surface area contributed by atoms with Gasteiger partial charge in [-0.15, -0.1) is 0 Å². The Morgan fingerprint density at radius 2 is 1.84 bits per heavy atom. The molecule has 0 bridgehead atoms. The maximum atomic E-state index is 13.1. The first-order chi connectivity index (χ1) is 18.6. The molecular formula is C30H42N4O4. The molecule has 8 nitrogen and oxygen atoms in total. The van der Waals surface area contributed by atoms with Crippen LogP contribution in [0.3, 0.4) is 0 Å². The fraction of sp³-hybridized carbons (Fsp3) is 0.533. The van der Waals surface area contributed by atoms with Gasteiger partial charge in [0.15, 0.2) is 11.5 Å². The number of piperidine rings is 1. The Labute approximate surface area is 226 Å². The number of nitrogens with zero attached hydrogens (tertiary/aromatic N) is 2. The van der Waals surface area contributed by atoms with Gasteiger partial charge < -0.3 is 20.1 Å². The van der Waals surface area contributed by atoms with Crippen molar-refractivity contribution in [3.05, 3.63) is 59.7 Å². The summed E-state index contributed by atoms with van der Waals surface area (Å²) in [6, 6.07) is 16.5. The molecule has 0 aromatic heterocycles. The van der Waals surface area contributed by atoms with E-state index in [0.717, 1.165) is 57.3 Å². The van der Waals surface area contributed by atoms with Gasteiger partial charge in [0.05, 0.1) is 26.3 Å². The minimum absolute atomic E-state index is 0.0490. The van der Waals surface area contributed by atoms with Crippen LogP contribution in [0.15, 0.2) is 48.5 Å². The number of benzene rings is 2. The van der Waals surface area contributed by atoms with Crippen LogP contribution in [0.2, 0.25) is 0 Å². The highest BCUT2D eigenvalue weighted by Crippen LogP contribution is 2.32. The van der Waals surface area contributed by atoms with E-state index in [-0.39, 0.29) is 30.9 Å². The Morgan fingerprint density at radius 1 is 1.03 bits per heavy atom. The number of hydrogen-bond donors (Lipinski definition) is 2. The summed E-state index contributed by atoms with van der Waals surface area (Å²) >= 11 is 0. The Kier molecular flexibility index (Phi) is 10.8. The van der Waals surface area contributed by atoms with E-state index < -0.39 is 0 Å². The van der Waals surface area contributed by atoms with Gasteiger partial charge in [-0.3, -0.25) is 19.4 Å².